The summed E-state index contributed by atoms with van der Waals surface area (Å²) < 4.78 is 5.84. The molecule has 2 rings (SSSR count). The van der Waals surface area contributed by atoms with Crippen LogP contribution >= 0.6 is 0 Å². The molecule has 3 nitrogen and oxygen atoms in total. The van der Waals surface area contributed by atoms with Crippen molar-refractivity contribution < 1.29 is 4.42 Å². The average molecular weight is 246 g/mol. The second-order valence-electron chi connectivity index (χ2n) is 6.01. The van der Waals surface area contributed by atoms with E-state index in [0.29, 0.717) is 5.41 Å². The first-order valence-electron chi connectivity index (χ1n) is 6.44. The molecule has 18 heavy (non-hydrogen) atoms. The summed E-state index contributed by atoms with van der Waals surface area (Å²) in [6.45, 7) is 6.71. The second kappa shape index (κ2) is 5.12. The van der Waals surface area contributed by atoms with Crippen LogP contribution in [0.2, 0.25) is 0 Å². The van der Waals surface area contributed by atoms with Crippen LogP contribution in [0.5, 0.6) is 0 Å². The summed E-state index contributed by atoms with van der Waals surface area (Å²) in [5.74, 6) is 6.57. The number of furan rings is 1. The molecular formula is C15H22N2O. The Morgan fingerprint density at radius 2 is 2.00 bits per heavy atom. The molecule has 0 radical (unpaired) electrons. The van der Waals surface area contributed by atoms with Gasteiger partial charge < -0.3 is 4.42 Å². The highest BCUT2D eigenvalue weighted by Crippen LogP contribution is 2.30. The number of para-hydroxylation sites is 1. The number of rotatable bonds is 4. The zero-order chi connectivity index (χ0) is 13.2. The van der Waals surface area contributed by atoms with E-state index in [1.54, 1.807) is 0 Å². The van der Waals surface area contributed by atoms with E-state index < -0.39 is 0 Å². The third-order valence-electron chi connectivity index (χ3n) is 3.17. The topological polar surface area (TPSA) is 51.2 Å². The Hall–Kier alpha value is -1.32. The summed E-state index contributed by atoms with van der Waals surface area (Å²) in [6, 6.07) is 10.2. The van der Waals surface area contributed by atoms with Gasteiger partial charge in [0.2, 0.25) is 0 Å². The number of nitrogens with one attached hydrogen (secondary N) is 1. The van der Waals surface area contributed by atoms with E-state index in [2.05, 4.69) is 38.3 Å². The molecule has 1 unspecified atom stereocenters. The summed E-state index contributed by atoms with van der Waals surface area (Å²) in [5.41, 5.74) is 4.08. The number of hydrogen-bond donors (Lipinski definition) is 2. The molecule has 1 atom stereocenters. The van der Waals surface area contributed by atoms with Gasteiger partial charge in [-0.05, 0) is 30.4 Å². The van der Waals surface area contributed by atoms with Gasteiger partial charge in [-0.3, -0.25) is 5.84 Å². The van der Waals surface area contributed by atoms with Crippen molar-refractivity contribution in [2.45, 2.75) is 39.7 Å². The lowest BCUT2D eigenvalue weighted by Gasteiger charge is -2.21. The van der Waals surface area contributed by atoms with E-state index in [4.69, 9.17) is 10.3 Å². The number of nitrogens with two attached hydrogens (primary N) is 1. The van der Waals surface area contributed by atoms with Crippen LogP contribution in [0.1, 0.15) is 45.4 Å². The molecule has 0 bridgehead atoms. The second-order valence-corrected chi connectivity index (χ2v) is 6.01. The fraction of sp³-hybridized carbons (Fsp3) is 0.467. The van der Waals surface area contributed by atoms with Crippen LogP contribution in [0.25, 0.3) is 11.0 Å². The van der Waals surface area contributed by atoms with Gasteiger partial charge in [0.15, 0.2) is 0 Å². The van der Waals surface area contributed by atoms with Crippen molar-refractivity contribution in [3.8, 4) is 0 Å². The number of hydrazine groups is 1. The Kier molecular flexibility index (Phi) is 3.73. The lowest BCUT2D eigenvalue weighted by molar-refractivity contribution is 0.315. The summed E-state index contributed by atoms with van der Waals surface area (Å²) in [6.07, 6.45) is 2.07. The number of fused-ring (bicyclic) bond motifs is 1. The molecule has 0 aliphatic heterocycles. The Morgan fingerprint density at radius 1 is 1.28 bits per heavy atom. The zero-order valence-corrected chi connectivity index (χ0v) is 11.4. The lowest BCUT2D eigenvalue weighted by Crippen LogP contribution is -2.28. The number of benzene rings is 1. The Labute approximate surface area is 108 Å². The zero-order valence-electron chi connectivity index (χ0n) is 11.4. The van der Waals surface area contributed by atoms with Gasteiger partial charge in [0.05, 0.1) is 6.04 Å². The Bertz CT molecular complexity index is 477. The maximum Gasteiger partial charge on any atom is 0.134 e. The molecule has 0 fully saturated rings. The maximum atomic E-state index is 5.84. The Balaban J connectivity index is 2.16. The van der Waals surface area contributed by atoms with Crippen molar-refractivity contribution in [2.75, 3.05) is 0 Å². The van der Waals surface area contributed by atoms with E-state index in [0.717, 1.165) is 29.6 Å². The molecule has 2 aromatic rings. The molecule has 0 amide bonds. The van der Waals surface area contributed by atoms with Gasteiger partial charge in [0.25, 0.3) is 0 Å². The highest BCUT2D eigenvalue weighted by Gasteiger charge is 2.18. The summed E-state index contributed by atoms with van der Waals surface area (Å²) in [4.78, 5) is 0. The fourth-order valence-corrected chi connectivity index (χ4v) is 2.06. The first-order chi connectivity index (χ1) is 8.49. The molecule has 1 aromatic heterocycles. The van der Waals surface area contributed by atoms with E-state index in [1.807, 2.05) is 18.2 Å². The normalized spacial score (nSPS) is 14.0. The van der Waals surface area contributed by atoms with Crippen LogP contribution < -0.4 is 11.3 Å². The highest BCUT2D eigenvalue weighted by molar-refractivity contribution is 5.77. The van der Waals surface area contributed by atoms with Gasteiger partial charge in [-0.1, -0.05) is 39.0 Å². The van der Waals surface area contributed by atoms with Crippen molar-refractivity contribution in [2.24, 2.45) is 11.3 Å². The largest absolute Gasteiger partial charge is 0.459 e. The molecular weight excluding hydrogens is 224 g/mol. The van der Waals surface area contributed by atoms with Crippen molar-refractivity contribution in [3.63, 3.8) is 0 Å². The van der Waals surface area contributed by atoms with Crippen LogP contribution in [-0.2, 0) is 0 Å². The van der Waals surface area contributed by atoms with Crippen LogP contribution in [0, 0.1) is 5.41 Å². The monoisotopic (exact) mass is 246 g/mol. The van der Waals surface area contributed by atoms with Crippen molar-refractivity contribution in [1.29, 1.82) is 0 Å². The minimum atomic E-state index is 0.0802. The van der Waals surface area contributed by atoms with E-state index >= 15 is 0 Å². The molecule has 0 saturated carbocycles. The van der Waals surface area contributed by atoms with Crippen LogP contribution in [0.4, 0.5) is 0 Å². The molecule has 1 aromatic carbocycles. The first kappa shape index (κ1) is 13.1. The van der Waals surface area contributed by atoms with Crippen molar-refractivity contribution in [3.05, 3.63) is 36.1 Å². The quantitative estimate of drug-likeness (QED) is 0.638. The molecule has 0 aliphatic rings. The first-order valence-corrected chi connectivity index (χ1v) is 6.44. The van der Waals surface area contributed by atoms with Gasteiger partial charge >= 0.3 is 0 Å². The minimum absolute atomic E-state index is 0.0802. The summed E-state index contributed by atoms with van der Waals surface area (Å²) in [7, 11) is 0. The van der Waals surface area contributed by atoms with Crippen molar-refractivity contribution in [1.82, 2.24) is 5.43 Å². The van der Waals surface area contributed by atoms with Gasteiger partial charge in [-0.2, -0.15) is 0 Å². The molecule has 1 heterocycles. The van der Waals surface area contributed by atoms with Crippen molar-refractivity contribution >= 4 is 11.0 Å². The van der Waals surface area contributed by atoms with Gasteiger partial charge in [-0.15, -0.1) is 0 Å². The van der Waals surface area contributed by atoms with E-state index in [9.17, 15) is 0 Å². The third kappa shape index (κ3) is 3.12. The maximum absolute atomic E-state index is 5.84. The molecule has 3 heteroatoms. The average Bonchev–Trinajstić information content (AvgIpc) is 2.71. The molecule has 0 spiro atoms. The van der Waals surface area contributed by atoms with Gasteiger partial charge in [0, 0.05) is 5.39 Å². The van der Waals surface area contributed by atoms with Crippen LogP contribution in [0.15, 0.2) is 34.7 Å². The summed E-state index contributed by atoms with van der Waals surface area (Å²) in [5, 5.41) is 1.13. The smallest absolute Gasteiger partial charge is 0.134 e. The van der Waals surface area contributed by atoms with Crippen LogP contribution in [0.3, 0.4) is 0 Å². The standard InChI is InChI=1S/C15H22N2O/c1-15(2,3)9-8-12(17-16)14-10-11-6-4-5-7-13(11)18-14/h4-7,10,12,17H,8-9,16H2,1-3H3. The molecule has 3 N–H and O–H groups in total. The highest BCUT2D eigenvalue weighted by atomic mass is 16.3. The minimum Gasteiger partial charge on any atom is -0.459 e. The molecule has 98 valence electrons. The molecule has 0 aliphatic carbocycles. The van der Waals surface area contributed by atoms with E-state index in [1.165, 1.54) is 0 Å². The van der Waals surface area contributed by atoms with Gasteiger partial charge in [-0.25, -0.2) is 5.43 Å². The van der Waals surface area contributed by atoms with Crippen LogP contribution in [-0.4, -0.2) is 0 Å². The van der Waals surface area contributed by atoms with E-state index in [-0.39, 0.29) is 6.04 Å². The number of hydrogen-bond acceptors (Lipinski definition) is 3. The fourth-order valence-electron chi connectivity index (χ4n) is 2.06. The third-order valence-corrected chi connectivity index (χ3v) is 3.17. The summed E-state index contributed by atoms with van der Waals surface area (Å²) >= 11 is 0. The predicted molar refractivity (Wildman–Crippen MR) is 75.0 cm³/mol. The SMILES string of the molecule is CC(C)(C)CCC(NN)c1cc2ccccc2o1. The van der Waals surface area contributed by atoms with Gasteiger partial charge in [0.1, 0.15) is 11.3 Å². The predicted octanol–water partition coefficient (Wildman–Crippen LogP) is 3.76. The lowest BCUT2D eigenvalue weighted by atomic mass is 9.88. The Morgan fingerprint density at radius 3 is 2.61 bits per heavy atom. The molecule has 0 saturated heterocycles.